The van der Waals surface area contributed by atoms with Crippen LogP contribution in [-0.2, 0) is 4.79 Å². The molecule has 1 aliphatic heterocycles. The molecule has 2 N–H and O–H groups in total. The van der Waals surface area contributed by atoms with Gasteiger partial charge in [0.25, 0.3) is 0 Å². The van der Waals surface area contributed by atoms with E-state index in [0.717, 1.165) is 24.9 Å². The van der Waals surface area contributed by atoms with Gasteiger partial charge in [0.05, 0.1) is 24.5 Å². The summed E-state index contributed by atoms with van der Waals surface area (Å²) in [7, 11) is 0. The average Bonchev–Trinajstić information content (AvgIpc) is 2.31. The van der Waals surface area contributed by atoms with Gasteiger partial charge in [-0.05, 0) is 18.4 Å². The standard InChI is InChI=1S/C13H17NO2/c15-13(16)12(10-6-2-1-3-7-10)11-8-4-5-9-14-11/h1-3,6-7,11-12,14H,4-5,8-9H2,(H,15,16)/t11-,12+/m1/s1. The lowest BCUT2D eigenvalue weighted by atomic mass is 9.86. The van der Waals surface area contributed by atoms with Crippen molar-refractivity contribution in [2.45, 2.75) is 31.2 Å². The maximum atomic E-state index is 11.3. The number of carbonyl (C=O) groups is 1. The van der Waals surface area contributed by atoms with E-state index in [2.05, 4.69) is 5.32 Å². The molecule has 0 spiro atoms. The van der Waals surface area contributed by atoms with Gasteiger partial charge in [0.1, 0.15) is 0 Å². The van der Waals surface area contributed by atoms with Crippen molar-refractivity contribution in [1.82, 2.24) is 0 Å². The molecule has 0 radical (unpaired) electrons. The van der Waals surface area contributed by atoms with Crippen LogP contribution in [0.2, 0.25) is 0 Å². The monoisotopic (exact) mass is 219 g/mol. The number of hydrogen-bond donors (Lipinski definition) is 1. The number of hydrogen-bond acceptors (Lipinski definition) is 2. The van der Waals surface area contributed by atoms with E-state index in [1.165, 1.54) is 6.42 Å². The normalized spacial score (nSPS) is 22.6. The predicted octanol–water partition coefficient (Wildman–Crippen LogP) is -0.364. The van der Waals surface area contributed by atoms with Crippen molar-refractivity contribution in [3.63, 3.8) is 0 Å². The predicted molar refractivity (Wildman–Crippen MR) is 58.6 cm³/mol. The molecule has 3 heteroatoms. The van der Waals surface area contributed by atoms with Crippen molar-refractivity contribution in [2.75, 3.05) is 6.54 Å². The molecule has 1 saturated heterocycles. The van der Waals surface area contributed by atoms with Crippen LogP contribution in [-0.4, -0.2) is 18.6 Å². The third-order valence-electron chi connectivity index (χ3n) is 3.30. The molecule has 16 heavy (non-hydrogen) atoms. The lowest BCUT2D eigenvalue weighted by Gasteiger charge is -2.29. The van der Waals surface area contributed by atoms with E-state index in [1.807, 2.05) is 30.3 Å². The molecule has 1 heterocycles. The smallest absolute Gasteiger partial charge is 0.0981 e. The molecule has 2 atom stereocenters. The van der Waals surface area contributed by atoms with E-state index in [4.69, 9.17) is 0 Å². The summed E-state index contributed by atoms with van der Waals surface area (Å²) >= 11 is 0. The van der Waals surface area contributed by atoms with E-state index >= 15 is 0 Å². The number of carboxylic acids is 1. The number of aliphatic carboxylic acids is 1. The van der Waals surface area contributed by atoms with Crippen LogP contribution in [0.25, 0.3) is 0 Å². The lowest BCUT2D eigenvalue weighted by Crippen LogP contribution is -2.93. The third kappa shape index (κ3) is 2.42. The highest BCUT2D eigenvalue weighted by Gasteiger charge is 2.28. The SMILES string of the molecule is O=C([O-])[C@@H](c1ccccc1)[C@H]1CCCC[NH2+]1. The Hall–Kier alpha value is -1.35. The Morgan fingerprint density at radius 3 is 2.62 bits per heavy atom. The Bertz CT molecular complexity index is 344. The van der Waals surface area contributed by atoms with Gasteiger partial charge in [0.15, 0.2) is 0 Å². The highest BCUT2D eigenvalue weighted by Crippen LogP contribution is 2.21. The first-order chi connectivity index (χ1) is 7.79. The lowest BCUT2D eigenvalue weighted by molar-refractivity contribution is -0.699. The summed E-state index contributed by atoms with van der Waals surface area (Å²) in [6.07, 6.45) is 3.27. The van der Waals surface area contributed by atoms with E-state index < -0.39 is 11.9 Å². The van der Waals surface area contributed by atoms with Crippen LogP contribution < -0.4 is 10.4 Å². The first-order valence-electron chi connectivity index (χ1n) is 5.88. The minimum Gasteiger partial charge on any atom is -0.549 e. The van der Waals surface area contributed by atoms with Crippen molar-refractivity contribution in [2.24, 2.45) is 0 Å². The molecule has 0 aliphatic carbocycles. The largest absolute Gasteiger partial charge is 0.549 e. The maximum Gasteiger partial charge on any atom is 0.0981 e. The number of carboxylic acid groups (broad SMARTS) is 1. The fraction of sp³-hybridized carbons (Fsp3) is 0.462. The Morgan fingerprint density at radius 1 is 1.31 bits per heavy atom. The van der Waals surface area contributed by atoms with Gasteiger partial charge in [0, 0.05) is 6.42 Å². The fourth-order valence-electron chi connectivity index (χ4n) is 2.50. The summed E-state index contributed by atoms with van der Waals surface area (Å²) < 4.78 is 0. The number of rotatable bonds is 3. The minimum absolute atomic E-state index is 0.140. The molecule has 0 aromatic heterocycles. The molecule has 0 unspecified atom stereocenters. The van der Waals surface area contributed by atoms with Crippen molar-refractivity contribution in [3.8, 4) is 0 Å². The Morgan fingerprint density at radius 2 is 2.06 bits per heavy atom. The molecule has 1 aromatic carbocycles. The maximum absolute atomic E-state index is 11.3. The first-order valence-corrected chi connectivity index (χ1v) is 5.88. The van der Waals surface area contributed by atoms with Gasteiger partial charge in [-0.3, -0.25) is 0 Å². The van der Waals surface area contributed by atoms with E-state index in [0.29, 0.717) is 0 Å². The molecule has 86 valence electrons. The zero-order valence-corrected chi connectivity index (χ0v) is 9.26. The second kappa shape index (κ2) is 5.12. The van der Waals surface area contributed by atoms with Gasteiger partial charge in [-0.1, -0.05) is 30.3 Å². The topological polar surface area (TPSA) is 56.7 Å². The molecular weight excluding hydrogens is 202 g/mol. The van der Waals surface area contributed by atoms with Crippen molar-refractivity contribution in [1.29, 1.82) is 0 Å². The Kier molecular flexibility index (Phi) is 3.57. The van der Waals surface area contributed by atoms with Gasteiger partial charge in [0.2, 0.25) is 0 Å². The Balaban J connectivity index is 2.20. The number of nitrogens with two attached hydrogens (primary N) is 1. The van der Waals surface area contributed by atoms with Crippen molar-refractivity contribution >= 4 is 5.97 Å². The summed E-state index contributed by atoms with van der Waals surface area (Å²) in [5, 5.41) is 13.4. The zero-order valence-electron chi connectivity index (χ0n) is 9.26. The molecule has 3 nitrogen and oxygen atoms in total. The van der Waals surface area contributed by atoms with Crippen LogP contribution in [0.3, 0.4) is 0 Å². The van der Waals surface area contributed by atoms with Crippen LogP contribution in [0.1, 0.15) is 30.7 Å². The molecule has 1 fully saturated rings. The summed E-state index contributed by atoms with van der Waals surface area (Å²) in [5.74, 6) is -1.42. The zero-order chi connectivity index (χ0) is 11.4. The number of quaternary nitrogens is 1. The van der Waals surface area contributed by atoms with Crippen LogP contribution in [0.4, 0.5) is 0 Å². The van der Waals surface area contributed by atoms with Gasteiger partial charge < -0.3 is 15.2 Å². The van der Waals surface area contributed by atoms with E-state index in [-0.39, 0.29) is 6.04 Å². The summed E-state index contributed by atoms with van der Waals surface area (Å²) in [4.78, 5) is 11.3. The minimum atomic E-state index is -0.950. The molecular formula is C13H17NO2. The number of carbonyl (C=O) groups excluding carboxylic acids is 1. The molecule has 0 bridgehead atoms. The molecule has 1 aromatic rings. The van der Waals surface area contributed by atoms with Gasteiger partial charge >= 0.3 is 0 Å². The molecule has 1 aliphatic rings. The van der Waals surface area contributed by atoms with E-state index in [1.54, 1.807) is 0 Å². The van der Waals surface area contributed by atoms with Gasteiger partial charge in [-0.15, -0.1) is 0 Å². The summed E-state index contributed by atoms with van der Waals surface area (Å²) in [6, 6.07) is 9.57. The Labute approximate surface area is 95.5 Å². The summed E-state index contributed by atoms with van der Waals surface area (Å²) in [6.45, 7) is 1.03. The molecule has 0 amide bonds. The van der Waals surface area contributed by atoms with Crippen molar-refractivity contribution < 1.29 is 15.2 Å². The number of piperidine rings is 1. The molecule has 2 rings (SSSR count). The summed E-state index contributed by atoms with van der Waals surface area (Å²) in [5.41, 5.74) is 0.866. The first kappa shape index (κ1) is 11.1. The van der Waals surface area contributed by atoms with E-state index in [9.17, 15) is 9.90 Å². The third-order valence-corrected chi connectivity index (χ3v) is 3.30. The highest BCUT2D eigenvalue weighted by molar-refractivity contribution is 5.74. The average molecular weight is 219 g/mol. The second-order valence-electron chi connectivity index (χ2n) is 4.39. The van der Waals surface area contributed by atoms with Crippen LogP contribution in [0.15, 0.2) is 30.3 Å². The molecule has 0 saturated carbocycles. The van der Waals surface area contributed by atoms with Crippen LogP contribution in [0.5, 0.6) is 0 Å². The second-order valence-corrected chi connectivity index (χ2v) is 4.39. The van der Waals surface area contributed by atoms with Crippen LogP contribution in [0, 0.1) is 0 Å². The highest BCUT2D eigenvalue weighted by atomic mass is 16.4. The quantitative estimate of drug-likeness (QED) is 0.754. The number of benzene rings is 1. The van der Waals surface area contributed by atoms with Crippen molar-refractivity contribution in [3.05, 3.63) is 35.9 Å². The van der Waals surface area contributed by atoms with Gasteiger partial charge in [-0.2, -0.15) is 0 Å². The van der Waals surface area contributed by atoms with Crippen LogP contribution >= 0.6 is 0 Å². The van der Waals surface area contributed by atoms with Gasteiger partial charge in [-0.25, -0.2) is 0 Å². The fourth-order valence-corrected chi connectivity index (χ4v) is 2.50.